The molecule has 1 fully saturated rings. The average Bonchev–Trinajstić information content (AvgIpc) is 2.64. The Bertz CT molecular complexity index is 728. The number of halogens is 1. The number of aromatic hydroxyl groups is 1. The van der Waals surface area contributed by atoms with Crippen molar-refractivity contribution in [2.45, 2.75) is 6.42 Å². The number of amides is 1. The van der Waals surface area contributed by atoms with Crippen molar-refractivity contribution in [2.75, 3.05) is 38.2 Å². The van der Waals surface area contributed by atoms with E-state index in [1.54, 1.807) is 0 Å². The molecule has 0 aromatic heterocycles. The maximum atomic E-state index is 12.2. The summed E-state index contributed by atoms with van der Waals surface area (Å²) in [6.07, 6.45) is 0.974. The van der Waals surface area contributed by atoms with Crippen molar-refractivity contribution in [1.29, 1.82) is 0 Å². The number of nitrogens with zero attached hydrogens (tertiary/aromatic N) is 1. The van der Waals surface area contributed by atoms with Gasteiger partial charge in [0, 0.05) is 30.9 Å². The van der Waals surface area contributed by atoms with Gasteiger partial charge < -0.3 is 15.2 Å². The lowest BCUT2D eigenvalue weighted by Crippen LogP contribution is -2.37. The molecule has 1 aliphatic rings. The van der Waals surface area contributed by atoms with Crippen LogP contribution in [0.25, 0.3) is 0 Å². The lowest BCUT2D eigenvalue weighted by atomic mass is 10.1. The third-order valence-electron chi connectivity index (χ3n) is 4.24. The molecule has 0 spiro atoms. The Morgan fingerprint density at radius 1 is 1.16 bits per heavy atom. The minimum atomic E-state index is -0.261. The summed E-state index contributed by atoms with van der Waals surface area (Å²) < 4.78 is 5.35. The number of anilines is 1. The fourth-order valence-corrected chi connectivity index (χ4v) is 2.90. The van der Waals surface area contributed by atoms with Crippen molar-refractivity contribution in [3.63, 3.8) is 0 Å². The van der Waals surface area contributed by atoms with Gasteiger partial charge in [-0.2, -0.15) is 0 Å². The van der Waals surface area contributed by atoms with Gasteiger partial charge in [-0.15, -0.1) is 0 Å². The van der Waals surface area contributed by atoms with Crippen LogP contribution in [0.3, 0.4) is 0 Å². The van der Waals surface area contributed by atoms with Crippen LogP contribution in [0, 0.1) is 0 Å². The van der Waals surface area contributed by atoms with E-state index < -0.39 is 0 Å². The van der Waals surface area contributed by atoms with E-state index in [9.17, 15) is 9.90 Å². The summed E-state index contributed by atoms with van der Waals surface area (Å²) >= 11 is 5.84. The van der Waals surface area contributed by atoms with Crippen LogP contribution in [0.2, 0.25) is 5.02 Å². The second-order valence-corrected chi connectivity index (χ2v) is 6.43. The van der Waals surface area contributed by atoms with Crippen molar-refractivity contribution >= 4 is 23.2 Å². The van der Waals surface area contributed by atoms with Gasteiger partial charge in [0.05, 0.1) is 18.2 Å². The van der Waals surface area contributed by atoms with E-state index in [4.69, 9.17) is 16.3 Å². The zero-order valence-corrected chi connectivity index (χ0v) is 14.6. The molecule has 132 valence electrons. The lowest BCUT2D eigenvalue weighted by molar-refractivity contribution is 0.0384. The molecule has 1 saturated heterocycles. The molecular formula is C19H21ClN2O3. The Labute approximate surface area is 152 Å². The minimum Gasteiger partial charge on any atom is -0.506 e. The third-order valence-corrected chi connectivity index (χ3v) is 4.54. The second kappa shape index (κ2) is 8.34. The Balaban J connectivity index is 1.54. The summed E-state index contributed by atoms with van der Waals surface area (Å²) in [6.45, 7) is 4.62. The topological polar surface area (TPSA) is 61.8 Å². The molecule has 0 atom stereocenters. The molecule has 1 heterocycles. The van der Waals surface area contributed by atoms with E-state index >= 15 is 0 Å². The van der Waals surface area contributed by atoms with E-state index in [0.29, 0.717) is 5.56 Å². The molecule has 1 amide bonds. The van der Waals surface area contributed by atoms with Crippen LogP contribution >= 0.6 is 11.6 Å². The summed E-state index contributed by atoms with van der Waals surface area (Å²) in [7, 11) is 0. The van der Waals surface area contributed by atoms with E-state index in [1.807, 2.05) is 24.3 Å². The molecule has 0 saturated carbocycles. The third kappa shape index (κ3) is 4.95. The van der Waals surface area contributed by atoms with Crippen LogP contribution in [0.15, 0.2) is 42.5 Å². The Morgan fingerprint density at radius 2 is 1.88 bits per heavy atom. The smallest absolute Gasteiger partial charge is 0.255 e. The van der Waals surface area contributed by atoms with Crippen LogP contribution in [-0.4, -0.2) is 48.8 Å². The van der Waals surface area contributed by atoms with E-state index in [2.05, 4.69) is 10.2 Å². The van der Waals surface area contributed by atoms with Crippen LogP contribution in [0.1, 0.15) is 15.9 Å². The Morgan fingerprint density at radius 3 is 2.56 bits per heavy atom. The first-order valence-electron chi connectivity index (χ1n) is 8.31. The van der Waals surface area contributed by atoms with Crippen molar-refractivity contribution in [3.05, 3.63) is 58.6 Å². The number of nitrogens with one attached hydrogen (secondary N) is 1. The van der Waals surface area contributed by atoms with Crippen molar-refractivity contribution in [2.24, 2.45) is 0 Å². The zero-order valence-electron chi connectivity index (χ0n) is 13.9. The number of rotatable bonds is 5. The molecule has 2 aromatic carbocycles. The van der Waals surface area contributed by atoms with Gasteiger partial charge >= 0.3 is 0 Å². The van der Waals surface area contributed by atoms with E-state index in [-0.39, 0.29) is 16.7 Å². The number of phenolic OH excluding ortho intramolecular Hbond substituents is 1. The average molecular weight is 361 g/mol. The predicted molar refractivity (Wildman–Crippen MR) is 98.5 cm³/mol. The number of ether oxygens (including phenoxy) is 1. The number of carbonyl (C=O) groups excluding carboxylic acids is 1. The fraction of sp³-hybridized carbons (Fsp3) is 0.316. The highest BCUT2D eigenvalue weighted by Gasteiger charge is 2.11. The fourth-order valence-electron chi connectivity index (χ4n) is 2.72. The zero-order chi connectivity index (χ0) is 17.6. The van der Waals surface area contributed by atoms with Gasteiger partial charge in [0.25, 0.3) is 5.91 Å². The van der Waals surface area contributed by atoms with Gasteiger partial charge in [0.15, 0.2) is 0 Å². The van der Waals surface area contributed by atoms with E-state index in [1.165, 1.54) is 23.8 Å². The minimum absolute atomic E-state index is 0.0390. The summed E-state index contributed by atoms with van der Waals surface area (Å²) in [5.74, 6) is -0.300. The molecule has 25 heavy (non-hydrogen) atoms. The summed E-state index contributed by atoms with van der Waals surface area (Å²) in [5.41, 5.74) is 2.36. The van der Waals surface area contributed by atoms with Gasteiger partial charge in [-0.25, -0.2) is 0 Å². The van der Waals surface area contributed by atoms with Gasteiger partial charge in [-0.3, -0.25) is 9.69 Å². The molecule has 6 heteroatoms. The first-order valence-corrected chi connectivity index (χ1v) is 8.68. The molecule has 1 aliphatic heterocycles. The van der Waals surface area contributed by atoms with Crippen molar-refractivity contribution in [3.8, 4) is 5.75 Å². The number of hydrogen-bond donors (Lipinski definition) is 2. The maximum Gasteiger partial charge on any atom is 0.255 e. The van der Waals surface area contributed by atoms with Crippen LogP contribution in [0.5, 0.6) is 5.75 Å². The molecule has 0 unspecified atom stereocenters. The highest BCUT2D eigenvalue weighted by molar-refractivity contribution is 6.32. The van der Waals surface area contributed by atoms with Crippen molar-refractivity contribution < 1.29 is 14.6 Å². The second-order valence-electron chi connectivity index (χ2n) is 6.02. The number of carbonyl (C=O) groups is 1. The number of benzene rings is 2. The lowest BCUT2D eigenvalue weighted by Gasteiger charge is -2.26. The molecular weight excluding hydrogens is 340 g/mol. The Kier molecular flexibility index (Phi) is 5.91. The molecule has 2 N–H and O–H groups in total. The molecule has 5 nitrogen and oxygen atoms in total. The first kappa shape index (κ1) is 17.7. The highest BCUT2D eigenvalue weighted by atomic mass is 35.5. The Hall–Kier alpha value is -2.08. The van der Waals surface area contributed by atoms with Gasteiger partial charge in [-0.05, 0) is 42.3 Å². The molecule has 0 radical (unpaired) electrons. The van der Waals surface area contributed by atoms with Gasteiger partial charge in [-0.1, -0.05) is 23.7 Å². The van der Waals surface area contributed by atoms with Gasteiger partial charge in [0.1, 0.15) is 5.75 Å². The van der Waals surface area contributed by atoms with Crippen LogP contribution in [0.4, 0.5) is 5.69 Å². The van der Waals surface area contributed by atoms with Crippen LogP contribution < -0.4 is 5.32 Å². The summed E-state index contributed by atoms with van der Waals surface area (Å²) in [4.78, 5) is 14.6. The number of phenols is 1. The van der Waals surface area contributed by atoms with Crippen molar-refractivity contribution in [1.82, 2.24) is 4.90 Å². The quantitative estimate of drug-likeness (QED) is 0.859. The summed E-state index contributed by atoms with van der Waals surface area (Å²) in [6, 6.07) is 12.2. The monoisotopic (exact) mass is 360 g/mol. The maximum absolute atomic E-state index is 12.2. The standard InChI is InChI=1S/C19H21ClN2O3/c20-17-13-15(3-6-18(17)23)19(24)21-16-4-1-14(2-5-16)7-8-22-9-11-25-12-10-22/h1-6,13,23H,7-12H2,(H,21,24). The molecule has 3 rings (SSSR count). The largest absolute Gasteiger partial charge is 0.506 e. The molecule has 0 bridgehead atoms. The summed E-state index contributed by atoms with van der Waals surface area (Å²) in [5, 5.41) is 12.4. The normalized spacial score (nSPS) is 15.1. The molecule has 2 aromatic rings. The highest BCUT2D eigenvalue weighted by Crippen LogP contribution is 2.24. The molecule has 0 aliphatic carbocycles. The first-order chi connectivity index (χ1) is 12.1. The van der Waals surface area contributed by atoms with Crippen LogP contribution in [-0.2, 0) is 11.2 Å². The van der Waals surface area contributed by atoms with E-state index in [0.717, 1.165) is 45.0 Å². The SMILES string of the molecule is O=C(Nc1ccc(CCN2CCOCC2)cc1)c1ccc(O)c(Cl)c1. The number of hydrogen-bond acceptors (Lipinski definition) is 4. The predicted octanol–water partition coefficient (Wildman–Crippen LogP) is 3.17. The van der Waals surface area contributed by atoms with Gasteiger partial charge in [0.2, 0.25) is 0 Å². The number of morpholine rings is 1.